The number of para-hydroxylation sites is 1. The Morgan fingerprint density at radius 3 is 2.78 bits per heavy atom. The molecule has 0 bridgehead atoms. The molecule has 148 valence electrons. The normalized spacial score (nSPS) is 11.0. The highest BCUT2D eigenvalue weighted by atomic mass is 127. The summed E-state index contributed by atoms with van der Waals surface area (Å²) in [7, 11) is 0. The van der Waals surface area contributed by atoms with E-state index < -0.39 is 0 Å². The van der Waals surface area contributed by atoms with E-state index in [0.717, 1.165) is 29.3 Å². The first-order valence-corrected chi connectivity index (χ1v) is 8.93. The molecule has 2 N–H and O–H groups in total. The van der Waals surface area contributed by atoms with Crippen LogP contribution < -0.4 is 15.4 Å². The predicted octanol–water partition coefficient (Wildman–Crippen LogP) is 4.24. The van der Waals surface area contributed by atoms with Crippen molar-refractivity contribution in [2.24, 2.45) is 4.99 Å². The smallest absolute Gasteiger partial charge is 0.191 e. The lowest BCUT2D eigenvalue weighted by Crippen LogP contribution is -2.36. The van der Waals surface area contributed by atoms with Crippen LogP contribution in [-0.4, -0.2) is 24.3 Å². The third-order valence-corrected chi connectivity index (χ3v) is 3.68. The van der Waals surface area contributed by atoms with Crippen LogP contribution in [0.5, 0.6) is 5.75 Å². The van der Waals surface area contributed by atoms with Crippen molar-refractivity contribution in [3.63, 3.8) is 0 Å². The lowest BCUT2D eigenvalue weighted by molar-refractivity contribution is 0.359. The van der Waals surface area contributed by atoms with E-state index in [9.17, 15) is 0 Å². The quantitative estimate of drug-likeness (QED) is 0.241. The summed E-state index contributed by atoms with van der Waals surface area (Å²) >= 11 is 0. The lowest BCUT2D eigenvalue weighted by atomic mass is 10.1. The molecule has 0 fully saturated rings. The molecule has 0 saturated carbocycles. The van der Waals surface area contributed by atoms with Crippen LogP contribution in [-0.2, 0) is 13.1 Å². The number of hydrogen-bond acceptors (Lipinski definition) is 4. The van der Waals surface area contributed by atoms with E-state index in [4.69, 9.17) is 9.26 Å². The van der Waals surface area contributed by atoms with Crippen molar-refractivity contribution in [1.82, 2.24) is 15.8 Å². The number of guanidine groups is 1. The Morgan fingerprint density at radius 2 is 2.11 bits per heavy atom. The molecule has 27 heavy (non-hydrogen) atoms. The van der Waals surface area contributed by atoms with E-state index in [0.29, 0.717) is 31.6 Å². The Hall–Kier alpha value is -2.03. The molecule has 2 aromatic rings. The molecule has 0 atom stereocenters. The van der Waals surface area contributed by atoms with E-state index in [1.54, 1.807) is 6.08 Å². The molecule has 0 radical (unpaired) electrons. The molecule has 0 spiro atoms. The highest BCUT2D eigenvalue weighted by Crippen LogP contribution is 2.19. The molecule has 6 nitrogen and oxygen atoms in total. The molecule has 7 heteroatoms. The number of nitrogens with one attached hydrogen (secondary N) is 2. The third kappa shape index (κ3) is 7.62. The summed E-state index contributed by atoms with van der Waals surface area (Å²) in [5.41, 5.74) is 1.98. The van der Waals surface area contributed by atoms with Gasteiger partial charge in [-0.05, 0) is 18.9 Å². The Bertz CT molecular complexity index is 728. The van der Waals surface area contributed by atoms with Crippen molar-refractivity contribution in [1.29, 1.82) is 0 Å². The number of nitrogens with zero attached hydrogens (tertiary/aromatic N) is 2. The zero-order valence-electron chi connectivity index (χ0n) is 16.2. The second kappa shape index (κ2) is 12.4. The minimum atomic E-state index is 0. The Balaban J connectivity index is 0.00000364. The zero-order valence-corrected chi connectivity index (χ0v) is 18.5. The van der Waals surface area contributed by atoms with Crippen molar-refractivity contribution in [3.8, 4) is 5.75 Å². The van der Waals surface area contributed by atoms with Gasteiger partial charge in [-0.25, -0.2) is 4.99 Å². The first-order valence-electron chi connectivity index (χ1n) is 8.93. The minimum Gasteiger partial charge on any atom is -0.489 e. The number of hydrogen-bond donors (Lipinski definition) is 2. The van der Waals surface area contributed by atoms with E-state index >= 15 is 0 Å². The summed E-state index contributed by atoms with van der Waals surface area (Å²) < 4.78 is 11.0. The predicted molar refractivity (Wildman–Crippen MR) is 120 cm³/mol. The minimum absolute atomic E-state index is 0. The number of halogens is 1. The Morgan fingerprint density at radius 1 is 1.33 bits per heavy atom. The standard InChI is InChI=1S/C20H28N4O2.HI/c1-5-11-25-19-10-8-7-9-16(19)13-22-20(21-6-2)23-14-17-12-18(15(3)4)24-26-17;/h5,7-10,12,15H,1,6,11,13-14H2,2-4H3,(H2,21,22,23);1H. The van der Waals surface area contributed by atoms with E-state index in [2.05, 4.69) is 41.2 Å². The maximum absolute atomic E-state index is 5.68. The van der Waals surface area contributed by atoms with E-state index in [1.807, 2.05) is 37.3 Å². The van der Waals surface area contributed by atoms with Gasteiger partial charge in [0.1, 0.15) is 12.4 Å². The summed E-state index contributed by atoms with van der Waals surface area (Å²) in [6.07, 6.45) is 1.73. The van der Waals surface area contributed by atoms with Crippen LogP contribution in [0.1, 0.15) is 43.7 Å². The van der Waals surface area contributed by atoms with Gasteiger partial charge in [0.25, 0.3) is 0 Å². The van der Waals surface area contributed by atoms with Crippen molar-refractivity contribution < 1.29 is 9.26 Å². The molecular formula is C20H29IN4O2. The van der Waals surface area contributed by atoms with Gasteiger partial charge < -0.3 is 19.9 Å². The zero-order chi connectivity index (χ0) is 18.8. The van der Waals surface area contributed by atoms with E-state index in [1.165, 1.54) is 0 Å². The maximum atomic E-state index is 5.68. The second-order valence-corrected chi connectivity index (χ2v) is 6.13. The first-order chi connectivity index (χ1) is 12.6. The van der Waals surface area contributed by atoms with Crippen LogP contribution in [0, 0.1) is 0 Å². The molecule has 0 aliphatic heterocycles. The number of aliphatic imine (C=N–C) groups is 1. The fraction of sp³-hybridized carbons (Fsp3) is 0.400. The van der Waals surface area contributed by atoms with Gasteiger partial charge in [-0.1, -0.05) is 49.9 Å². The SMILES string of the molecule is C=CCOc1ccccc1CN=C(NCC)NCc1cc(C(C)C)no1.I. The van der Waals surface area contributed by atoms with Gasteiger partial charge in [0, 0.05) is 18.2 Å². The van der Waals surface area contributed by atoms with Crippen LogP contribution in [0.2, 0.25) is 0 Å². The molecule has 0 unspecified atom stereocenters. The van der Waals surface area contributed by atoms with Gasteiger partial charge >= 0.3 is 0 Å². The molecule has 2 rings (SSSR count). The fourth-order valence-electron chi connectivity index (χ4n) is 2.29. The molecule has 0 amide bonds. The van der Waals surface area contributed by atoms with Crippen LogP contribution in [0.15, 0.2) is 52.5 Å². The molecular weight excluding hydrogens is 455 g/mol. The third-order valence-electron chi connectivity index (χ3n) is 3.68. The fourth-order valence-corrected chi connectivity index (χ4v) is 2.29. The summed E-state index contributed by atoms with van der Waals surface area (Å²) in [5, 5.41) is 10.6. The lowest BCUT2D eigenvalue weighted by Gasteiger charge is -2.11. The number of benzene rings is 1. The van der Waals surface area contributed by atoms with Crippen LogP contribution in [0.4, 0.5) is 0 Å². The number of rotatable bonds is 9. The largest absolute Gasteiger partial charge is 0.489 e. The first kappa shape index (κ1) is 23.0. The summed E-state index contributed by atoms with van der Waals surface area (Å²) in [6.45, 7) is 12.2. The van der Waals surface area contributed by atoms with Gasteiger partial charge in [0.2, 0.25) is 0 Å². The number of aromatic nitrogens is 1. The Labute approximate surface area is 178 Å². The highest BCUT2D eigenvalue weighted by molar-refractivity contribution is 14.0. The van der Waals surface area contributed by atoms with Gasteiger partial charge in [-0.15, -0.1) is 24.0 Å². The molecule has 1 aromatic heterocycles. The van der Waals surface area contributed by atoms with Crippen molar-refractivity contribution >= 4 is 29.9 Å². The highest BCUT2D eigenvalue weighted by Gasteiger charge is 2.08. The summed E-state index contributed by atoms with van der Waals surface area (Å²) in [6, 6.07) is 9.85. The molecule has 0 aliphatic carbocycles. The molecule has 1 heterocycles. The van der Waals surface area contributed by atoms with Gasteiger partial charge in [-0.2, -0.15) is 0 Å². The topological polar surface area (TPSA) is 71.7 Å². The van der Waals surface area contributed by atoms with Crippen LogP contribution in [0.3, 0.4) is 0 Å². The molecule has 0 saturated heterocycles. The van der Waals surface area contributed by atoms with Gasteiger partial charge in [0.15, 0.2) is 11.7 Å². The average Bonchev–Trinajstić information content (AvgIpc) is 3.12. The number of ether oxygens (including phenoxy) is 1. The van der Waals surface area contributed by atoms with Crippen LogP contribution in [0.25, 0.3) is 0 Å². The average molecular weight is 484 g/mol. The van der Waals surface area contributed by atoms with Crippen molar-refractivity contribution in [3.05, 3.63) is 60.0 Å². The molecule has 0 aliphatic rings. The second-order valence-electron chi connectivity index (χ2n) is 6.13. The Kier molecular flexibility index (Phi) is 10.5. The van der Waals surface area contributed by atoms with Crippen LogP contribution >= 0.6 is 24.0 Å². The maximum Gasteiger partial charge on any atom is 0.191 e. The van der Waals surface area contributed by atoms with Gasteiger partial charge in [0.05, 0.1) is 18.8 Å². The van der Waals surface area contributed by atoms with Crippen molar-refractivity contribution in [2.45, 2.75) is 39.8 Å². The summed E-state index contributed by atoms with van der Waals surface area (Å²) in [4.78, 5) is 4.64. The van der Waals surface area contributed by atoms with Gasteiger partial charge in [-0.3, -0.25) is 0 Å². The molecule has 1 aromatic carbocycles. The van der Waals surface area contributed by atoms with E-state index in [-0.39, 0.29) is 24.0 Å². The van der Waals surface area contributed by atoms with Crippen molar-refractivity contribution in [2.75, 3.05) is 13.2 Å². The summed E-state index contributed by atoms with van der Waals surface area (Å²) in [5.74, 6) is 2.67. The monoisotopic (exact) mass is 484 g/mol.